The van der Waals surface area contributed by atoms with Gasteiger partial charge in [-0.1, -0.05) is 43.2 Å². The maximum atomic E-state index is 13.7. The van der Waals surface area contributed by atoms with E-state index in [-0.39, 0.29) is 23.9 Å². The van der Waals surface area contributed by atoms with Crippen LogP contribution in [0.1, 0.15) is 51.5 Å². The fourth-order valence-electron chi connectivity index (χ4n) is 5.79. The van der Waals surface area contributed by atoms with Crippen LogP contribution in [0.25, 0.3) is 0 Å². The zero-order chi connectivity index (χ0) is 21.4. The van der Waals surface area contributed by atoms with Gasteiger partial charge in [-0.25, -0.2) is 0 Å². The molecule has 30 heavy (non-hydrogen) atoms. The second kappa shape index (κ2) is 8.58. The highest BCUT2D eigenvalue weighted by atomic mass is 16.5. The van der Waals surface area contributed by atoms with Gasteiger partial charge in [-0.3, -0.25) is 9.69 Å². The Morgan fingerprint density at radius 2 is 1.93 bits per heavy atom. The van der Waals surface area contributed by atoms with Crippen LogP contribution in [0.5, 0.6) is 0 Å². The van der Waals surface area contributed by atoms with Crippen molar-refractivity contribution in [2.24, 2.45) is 5.92 Å². The zero-order valence-corrected chi connectivity index (χ0v) is 18.3. The Kier molecular flexibility index (Phi) is 6.22. The van der Waals surface area contributed by atoms with E-state index in [9.17, 15) is 15.0 Å². The summed E-state index contributed by atoms with van der Waals surface area (Å²) in [6.07, 6.45) is 4.61. The largest absolute Gasteiger partial charge is 0.389 e. The van der Waals surface area contributed by atoms with E-state index in [0.717, 1.165) is 31.2 Å². The molecule has 1 aromatic carbocycles. The number of ether oxygens (including phenoxy) is 1. The van der Waals surface area contributed by atoms with Crippen molar-refractivity contribution >= 4 is 5.91 Å². The molecule has 166 valence electrons. The molecule has 0 bridgehead atoms. The summed E-state index contributed by atoms with van der Waals surface area (Å²) >= 11 is 0. The molecule has 1 aliphatic carbocycles. The van der Waals surface area contributed by atoms with Gasteiger partial charge in [0.15, 0.2) is 0 Å². The number of nitrogens with zero attached hydrogens (tertiary/aromatic N) is 2. The summed E-state index contributed by atoms with van der Waals surface area (Å²) in [4.78, 5) is 17.8. The minimum Gasteiger partial charge on any atom is -0.389 e. The highest BCUT2D eigenvalue weighted by molar-refractivity contribution is 5.82. The van der Waals surface area contributed by atoms with Crippen molar-refractivity contribution in [2.75, 3.05) is 32.8 Å². The fraction of sp³-hybridized carbons (Fsp3) is 0.708. The average Bonchev–Trinajstić information content (AvgIpc) is 2.74. The topological polar surface area (TPSA) is 73.2 Å². The van der Waals surface area contributed by atoms with Crippen molar-refractivity contribution in [1.82, 2.24) is 9.80 Å². The van der Waals surface area contributed by atoms with Gasteiger partial charge in [0.25, 0.3) is 0 Å². The lowest BCUT2D eigenvalue weighted by atomic mass is 9.66. The third-order valence-corrected chi connectivity index (χ3v) is 7.15. The number of fused-ring (bicyclic) bond motifs is 1. The Morgan fingerprint density at radius 3 is 2.67 bits per heavy atom. The second-order valence-corrected chi connectivity index (χ2v) is 9.90. The van der Waals surface area contributed by atoms with Crippen molar-refractivity contribution in [3.63, 3.8) is 0 Å². The SMILES string of the molecule is CC(C)(O)CN1CCOCC1C(=O)N1CC[C@](O)(c2ccccc2)[C@H]2CCCC[C@H]21. The van der Waals surface area contributed by atoms with E-state index in [1.54, 1.807) is 13.8 Å². The van der Waals surface area contributed by atoms with Crippen LogP contribution >= 0.6 is 0 Å². The highest BCUT2D eigenvalue weighted by Crippen LogP contribution is 2.47. The third kappa shape index (κ3) is 4.28. The molecule has 1 amide bonds. The normalized spacial score (nSPS) is 33.2. The second-order valence-electron chi connectivity index (χ2n) is 9.90. The van der Waals surface area contributed by atoms with E-state index >= 15 is 0 Å². The standard InChI is InChI=1S/C24H36N2O4/c1-23(2,28)17-25-14-15-30-16-21(25)22(27)26-13-12-24(29,18-8-4-3-5-9-18)19-10-6-7-11-20(19)26/h3-5,8-9,19-21,28-29H,6-7,10-17H2,1-2H3/t19-,20+,21?,24-/m0/s1. The number of likely N-dealkylation sites (tertiary alicyclic amines) is 1. The van der Waals surface area contributed by atoms with Crippen LogP contribution in [0.15, 0.2) is 30.3 Å². The van der Waals surface area contributed by atoms with Gasteiger partial charge in [0.2, 0.25) is 5.91 Å². The van der Waals surface area contributed by atoms with Crippen molar-refractivity contribution in [3.8, 4) is 0 Å². The number of carbonyl (C=O) groups is 1. The number of carbonyl (C=O) groups excluding carboxylic acids is 1. The van der Waals surface area contributed by atoms with E-state index in [1.165, 1.54) is 0 Å². The summed E-state index contributed by atoms with van der Waals surface area (Å²) < 4.78 is 5.66. The molecule has 2 saturated heterocycles. The van der Waals surface area contributed by atoms with Crippen LogP contribution in [-0.4, -0.2) is 76.5 Å². The van der Waals surface area contributed by atoms with Crippen LogP contribution < -0.4 is 0 Å². The van der Waals surface area contributed by atoms with E-state index in [2.05, 4.69) is 4.90 Å². The Labute approximate surface area is 179 Å². The minimum absolute atomic E-state index is 0.0520. The van der Waals surface area contributed by atoms with Crippen LogP contribution in [0.4, 0.5) is 0 Å². The number of morpholine rings is 1. The molecule has 1 aromatic rings. The molecule has 4 atom stereocenters. The van der Waals surface area contributed by atoms with Crippen molar-refractivity contribution < 1.29 is 19.7 Å². The molecule has 0 spiro atoms. The molecule has 6 heteroatoms. The summed E-state index contributed by atoms with van der Waals surface area (Å²) in [6.45, 7) is 6.16. The Hall–Kier alpha value is -1.47. The number of hydrogen-bond donors (Lipinski definition) is 2. The molecular formula is C24H36N2O4. The van der Waals surface area contributed by atoms with Crippen molar-refractivity contribution in [3.05, 3.63) is 35.9 Å². The summed E-state index contributed by atoms with van der Waals surface area (Å²) in [5, 5.41) is 22.1. The summed E-state index contributed by atoms with van der Waals surface area (Å²) in [5.74, 6) is 0.143. The van der Waals surface area contributed by atoms with E-state index < -0.39 is 11.2 Å². The molecule has 1 saturated carbocycles. The van der Waals surface area contributed by atoms with Crippen LogP contribution in [-0.2, 0) is 15.1 Å². The van der Waals surface area contributed by atoms with Crippen LogP contribution in [0.3, 0.4) is 0 Å². The van der Waals surface area contributed by atoms with Gasteiger partial charge in [-0.15, -0.1) is 0 Å². The summed E-state index contributed by atoms with van der Waals surface area (Å²) in [6, 6.07) is 9.66. The predicted molar refractivity (Wildman–Crippen MR) is 115 cm³/mol. The molecule has 0 radical (unpaired) electrons. The molecule has 3 fully saturated rings. The third-order valence-electron chi connectivity index (χ3n) is 7.15. The Balaban J connectivity index is 1.57. The fourth-order valence-corrected chi connectivity index (χ4v) is 5.79. The lowest BCUT2D eigenvalue weighted by molar-refractivity contribution is -0.165. The summed E-state index contributed by atoms with van der Waals surface area (Å²) in [5.41, 5.74) is -0.767. The molecule has 0 aromatic heterocycles. The van der Waals surface area contributed by atoms with Gasteiger partial charge in [-0.05, 0) is 38.7 Å². The number of aliphatic hydroxyl groups is 2. The number of piperidine rings is 1. The van der Waals surface area contributed by atoms with E-state index in [1.807, 2.05) is 35.2 Å². The molecule has 2 aliphatic heterocycles. The first-order valence-corrected chi connectivity index (χ1v) is 11.4. The Bertz CT molecular complexity index is 734. The number of hydrogen-bond acceptors (Lipinski definition) is 5. The van der Waals surface area contributed by atoms with Gasteiger partial charge in [0.1, 0.15) is 6.04 Å². The van der Waals surface area contributed by atoms with E-state index in [0.29, 0.717) is 39.3 Å². The van der Waals surface area contributed by atoms with Gasteiger partial charge in [0, 0.05) is 31.6 Å². The van der Waals surface area contributed by atoms with Gasteiger partial charge in [0.05, 0.1) is 24.4 Å². The number of rotatable bonds is 4. The van der Waals surface area contributed by atoms with Gasteiger partial charge < -0.3 is 19.8 Å². The predicted octanol–water partition coefficient (Wildman–Crippen LogP) is 2.14. The molecule has 2 N–H and O–H groups in total. The zero-order valence-electron chi connectivity index (χ0n) is 18.3. The molecule has 4 rings (SSSR count). The first-order chi connectivity index (χ1) is 14.3. The lowest BCUT2D eigenvalue weighted by Crippen LogP contribution is -2.64. The van der Waals surface area contributed by atoms with Crippen LogP contribution in [0.2, 0.25) is 0 Å². The van der Waals surface area contributed by atoms with Gasteiger partial charge >= 0.3 is 0 Å². The first-order valence-electron chi connectivity index (χ1n) is 11.4. The molecule has 2 heterocycles. The van der Waals surface area contributed by atoms with E-state index in [4.69, 9.17) is 4.74 Å². The first kappa shape index (κ1) is 21.8. The molecule has 6 nitrogen and oxygen atoms in total. The van der Waals surface area contributed by atoms with Gasteiger partial charge in [-0.2, -0.15) is 0 Å². The number of β-amino-alcohol motifs (C(OH)–C–C–N with tert-alkyl or cyclic N) is 1. The number of benzene rings is 1. The number of amides is 1. The maximum absolute atomic E-state index is 13.7. The van der Waals surface area contributed by atoms with Crippen LogP contribution in [0, 0.1) is 5.92 Å². The average molecular weight is 417 g/mol. The molecule has 1 unspecified atom stereocenters. The van der Waals surface area contributed by atoms with Crippen molar-refractivity contribution in [2.45, 2.75) is 69.2 Å². The Morgan fingerprint density at radius 1 is 1.20 bits per heavy atom. The smallest absolute Gasteiger partial charge is 0.242 e. The van der Waals surface area contributed by atoms with Crippen molar-refractivity contribution in [1.29, 1.82) is 0 Å². The summed E-state index contributed by atoms with van der Waals surface area (Å²) in [7, 11) is 0. The lowest BCUT2D eigenvalue weighted by Gasteiger charge is -2.53. The minimum atomic E-state index is -0.876. The maximum Gasteiger partial charge on any atom is 0.242 e. The quantitative estimate of drug-likeness (QED) is 0.787. The molecule has 3 aliphatic rings. The molecular weight excluding hydrogens is 380 g/mol. The highest BCUT2D eigenvalue weighted by Gasteiger charge is 2.51. The monoisotopic (exact) mass is 416 g/mol.